The van der Waals surface area contributed by atoms with E-state index >= 15 is 0 Å². The van der Waals surface area contributed by atoms with Gasteiger partial charge in [-0.15, -0.1) is 12.4 Å². The van der Waals surface area contributed by atoms with Crippen molar-refractivity contribution in [3.8, 4) is 11.5 Å². The van der Waals surface area contributed by atoms with E-state index in [1.807, 2.05) is 32.0 Å². The second-order valence-electron chi connectivity index (χ2n) is 7.18. The van der Waals surface area contributed by atoms with Gasteiger partial charge < -0.3 is 15.1 Å². The lowest BCUT2D eigenvalue weighted by molar-refractivity contribution is -0.118. The second-order valence-corrected chi connectivity index (χ2v) is 7.18. The number of aromatic nitrogens is 1. The maximum atomic E-state index is 12.6. The van der Waals surface area contributed by atoms with E-state index in [4.69, 9.17) is 4.42 Å². The smallest absolute Gasteiger partial charge is 0.228 e. The van der Waals surface area contributed by atoms with Crippen LogP contribution in [0.3, 0.4) is 0 Å². The SMILES string of the molecule is Cc1coc(-c2cc(NC(=O)C3CC34CCNCC4)ccc2C)n1.Cl. The number of halogens is 1. The average Bonchev–Trinajstić information content (AvgIpc) is 3.08. The van der Waals surface area contributed by atoms with E-state index in [0.29, 0.717) is 5.89 Å². The molecule has 1 aromatic carbocycles. The average molecular weight is 362 g/mol. The molecule has 1 aliphatic carbocycles. The van der Waals surface area contributed by atoms with Crippen LogP contribution in [0.25, 0.3) is 11.5 Å². The Kier molecular flexibility index (Phi) is 4.89. The molecule has 1 aromatic heterocycles. The van der Waals surface area contributed by atoms with E-state index in [0.717, 1.165) is 54.9 Å². The van der Waals surface area contributed by atoms with E-state index < -0.39 is 0 Å². The van der Waals surface area contributed by atoms with Gasteiger partial charge in [-0.2, -0.15) is 0 Å². The molecule has 1 saturated heterocycles. The molecule has 1 unspecified atom stereocenters. The summed E-state index contributed by atoms with van der Waals surface area (Å²) in [4.78, 5) is 17.0. The molecule has 1 atom stereocenters. The van der Waals surface area contributed by atoms with Gasteiger partial charge in [-0.1, -0.05) is 6.07 Å². The molecule has 5 nitrogen and oxygen atoms in total. The van der Waals surface area contributed by atoms with Crippen LogP contribution in [-0.2, 0) is 4.79 Å². The van der Waals surface area contributed by atoms with E-state index in [1.165, 1.54) is 0 Å². The number of oxazole rings is 1. The minimum atomic E-state index is 0. The number of nitrogens with zero attached hydrogens (tertiary/aromatic N) is 1. The molecule has 2 heterocycles. The molecule has 2 N–H and O–H groups in total. The quantitative estimate of drug-likeness (QED) is 0.874. The van der Waals surface area contributed by atoms with Crippen molar-refractivity contribution >= 4 is 24.0 Å². The highest BCUT2D eigenvalue weighted by Crippen LogP contribution is 2.58. The highest BCUT2D eigenvalue weighted by Gasteiger charge is 2.57. The highest BCUT2D eigenvalue weighted by atomic mass is 35.5. The summed E-state index contributed by atoms with van der Waals surface area (Å²) in [6.07, 6.45) is 4.89. The van der Waals surface area contributed by atoms with Gasteiger partial charge in [0.15, 0.2) is 0 Å². The molecule has 134 valence electrons. The van der Waals surface area contributed by atoms with Crippen molar-refractivity contribution in [3.05, 3.63) is 35.7 Å². The lowest BCUT2D eigenvalue weighted by Crippen LogP contribution is -2.31. The first-order chi connectivity index (χ1) is 11.6. The summed E-state index contributed by atoms with van der Waals surface area (Å²) in [6, 6.07) is 5.90. The first-order valence-corrected chi connectivity index (χ1v) is 8.62. The predicted molar refractivity (Wildman–Crippen MR) is 99.9 cm³/mol. The van der Waals surface area contributed by atoms with Gasteiger partial charge in [-0.25, -0.2) is 4.98 Å². The Labute approximate surface area is 154 Å². The molecule has 25 heavy (non-hydrogen) atoms. The van der Waals surface area contributed by atoms with E-state index in [9.17, 15) is 4.79 Å². The van der Waals surface area contributed by atoms with Crippen molar-refractivity contribution in [3.63, 3.8) is 0 Å². The van der Waals surface area contributed by atoms with Crippen LogP contribution in [0.15, 0.2) is 28.9 Å². The topological polar surface area (TPSA) is 67.2 Å². The molecule has 1 amide bonds. The Morgan fingerprint density at radius 3 is 2.76 bits per heavy atom. The zero-order valence-electron chi connectivity index (χ0n) is 14.6. The molecule has 0 radical (unpaired) electrons. The van der Waals surface area contributed by atoms with Gasteiger partial charge in [0.2, 0.25) is 11.8 Å². The van der Waals surface area contributed by atoms with Crippen molar-refractivity contribution in [2.75, 3.05) is 18.4 Å². The molecule has 0 bridgehead atoms. The van der Waals surface area contributed by atoms with Gasteiger partial charge in [0.05, 0.1) is 5.69 Å². The maximum absolute atomic E-state index is 12.6. The zero-order chi connectivity index (χ0) is 16.7. The van der Waals surface area contributed by atoms with Crippen molar-refractivity contribution < 1.29 is 9.21 Å². The fourth-order valence-electron chi connectivity index (χ4n) is 3.83. The summed E-state index contributed by atoms with van der Waals surface area (Å²) >= 11 is 0. The van der Waals surface area contributed by atoms with E-state index in [-0.39, 0.29) is 29.6 Å². The van der Waals surface area contributed by atoms with E-state index in [1.54, 1.807) is 6.26 Å². The maximum Gasteiger partial charge on any atom is 0.228 e. The van der Waals surface area contributed by atoms with E-state index in [2.05, 4.69) is 15.6 Å². The highest BCUT2D eigenvalue weighted by molar-refractivity contribution is 5.95. The molecular weight excluding hydrogens is 338 g/mol. The number of carbonyl (C=O) groups is 1. The predicted octanol–water partition coefficient (Wildman–Crippen LogP) is 3.71. The van der Waals surface area contributed by atoms with Crippen molar-refractivity contribution in [2.24, 2.45) is 11.3 Å². The normalized spacial score (nSPS) is 20.8. The first kappa shape index (κ1) is 18.0. The third kappa shape index (κ3) is 3.44. The van der Waals surface area contributed by atoms with Crippen LogP contribution in [-0.4, -0.2) is 24.0 Å². The minimum absolute atomic E-state index is 0. The fraction of sp³-hybridized carbons (Fsp3) is 0.474. The molecule has 1 aliphatic heterocycles. The number of anilines is 1. The van der Waals surface area contributed by atoms with Gasteiger partial charge in [0.1, 0.15) is 6.26 Å². The molecule has 2 aliphatic rings. The summed E-state index contributed by atoms with van der Waals surface area (Å²) in [5.74, 6) is 0.908. The van der Waals surface area contributed by atoms with Crippen molar-refractivity contribution in [2.45, 2.75) is 33.1 Å². The standard InChI is InChI=1S/C19H23N3O2.ClH/c1-12-3-4-14(9-15(12)18-21-13(2)11-24-18)22-17(23)16-10-19(16)5-7-20-8-6-19;/h3-4,9,11,16,20H,5-8,10H2,1-2H3,(H,22,23);1H. The lowest BCUT2D eigenvalue weighted by atomic mass is 9.92. The molecule has 6 heteroatoms. The first-order valence-electron chi connectivity index (χ1n) is 8.62. The number of aryl methyl sites for hydroxylation is 2. The summed E-state index contributed by atoms with van der Waals surface area (Å²) in [7, 11) is 0. The summed E-state index contributed by atoms with van der Waals surface area (Å²) in [5, 5.41) is 6.47. The molecule has 4 rings (SSSR count). The largest absolute Gasteiger partial charge is 0.444 e. The van der Waals surface area contributed by atoms with Gasteiger partial charge in [-0.05, 0) is 69.3 Å². The lowest BCUT2D eigenvalue weighted by Gasteiger charge is -2.23. The Morgan fingerprint density at radius 2 is 2.08 bits per heavy atom. The Hall–Kier alpha value is -1.85. The molecule has 2 fully saturated rings. The van der Waals surface area contributed by atoms with Crippen LogP contribution in [0.5, 0.6) is 0 Å². The number of hydrogen-bond donors (Lipinski definition) is 2. The van der Waals surface area contributed by atoms with Gasteiger partial charge in [0.25, 0.3) is 0 Å². The Bertz CT molecular complexity index is 781. The van der Waals surface area contributed by atoms with Crippen molar-refractivity contribution in [1.82, 2.24) is 10.3 Å². The van der Waals surface area contributed by atoms with Crippen LogP contribution in [0.4, 0.5) is 5.69 Å². The number of piperidine rings is 1. The zero-order valence-corrected chi connectivity index (χ0v) is 15.4. The number of benzene rings is 1. The fourth-order valence-corrected chi connectivity index (χ4v) is 3.83. The van der Waals surface area contributed by atoms with Gasteiger partial charge in [0, 0.05) is 17.2 Å². The summed E-state index contributed by atoms with van der Waals surface area (Å²) < 4.78 is 5.51. The minimum Gasteiger partial charge on any atom is -0.444 e. The van der Waals surface area contributed by atoms with Crippen LogP contribution in [0, 0.1) is 25.2 Å². The summed E-state index contributed by atoms with van der Waals surface area (Å²) in [6.45, 7) is 5.98. The van der Waals surface area contributed by atoms with Crippen LogP contribution in [0.2, 0.25) is 0 Å². The van der Waals surface area contributed by atoms with Gasteiger partial charge in [-0.3, -0.25) is 4.79 Å². The van der Waals surface area contributed by atoms with Crippen LogP contribution < -0.4 is 10.6 Å². The monoisotopic (exact) mass is 361 g/mol. The molecular formula is C19H24ClN3O2. The van der Waals surface area contributed by atoms with Crippen LogP contribution in [0.1, 0.15) is 30.5 Å². The van der Waals surface area contributed by atoms with Gasteiger partial charge >= 0.3 is 0 Å². The Balaban J connectivity index is 0.00000182. The number of nitrogens with one attached hydrogen (secondary N) is 2. The third-order valence-electron chi connectivity index (χ3n) is 5.46. The Morgan fingerprint density at radius 1 is 1.32 bits per heavy atom. The molecule has 1 saturated carbocycles. The molecule has 2 aromatic rings. The number of hydrogen-bond acceptors (Lipinski definition) is 4. The number of rotatable bonds is 3. The number of amides is 1. The molecule has 1 spiro atoms. The van der Waals surface area contributed by atoms with Crippen molar-refractivity contribution in [1.29, 1.82) is 0 Å². The second kappa shape index (κ2) is 6.81. The summed E-state index contributed by atoms with van der Waals surface area (Å²) in [5.41, 5.74) is 3.92. The number of carbonyl (C=O) groups excluding carboxylic acids is 1. The third-order valence-corrected chi connectivity index (χ3v) is 5.46. The van der Waals surface area contributed by atoms with Crippen LogP contribution >= 0.6 is 12.4 Å².